The molecule has 7 heteroatoms. The summed E-state index contributed by atoms with van der Waals surface area (Å²) in [5.41, 5.74) is 2.57. The van der Waals surface area contributed by atoms with Crippen molar-refractivity contribution in [1.82, 2.24) is 15.2 Å². The van der Waals surface area contributed by atoms with Gasteiger partial charge in [0.1, 0.15) is 0 Å². The Morgan fingerprint density at radius 1 is 1.15 bits per heavy atom. The summed E-state index contributed by atoms with van der Waals surface area (Å²) in [6, 6.07) is 13.0. The molecule has 2 N–H and O–H groups in total. The van der Waals surface area contributed by atoms with E-state index in [1.807, 2.05) is 35.2 Å². The van der Waals surface area contributed by atoms with E-state index in [2.05, 4.69) is 15.2 Å². The van der Waals surface area contributed by atoms with Crippen LogP contribution in [0.3, 0.4) is 0 Å². The Labute approximate surface area is 160 Å². The standard InChI is InChI=1S/C20H17ClN4O2/c21-13-4-1-11(2-5-13)7-15-14-8-17(14)25(20(15)27)18-9-16(23-24-18)12-3-6-19(26)22-10-12/h1-6,9-10,14-15,17H,7-8H2,(H,22,26)(H,23,24). The van der Waals surface area contributed by atoms with Crippen molar-refractivity contribution in [2.45, 2.75) is 18.9 Å². The molecule has 2 aliphatic rings. The summed E-state index contributed by atoms with van der Waals surface area (Å²) in [4.78, 5) is 28.7. The maximum atomic E-state index is 13.0. The Morgan fingerprint density at radius 3 is 2.70 bits per heavy atom. The van der Waals surface area contributed by atoms with E-state index in [-0.39, 0.29) is 23.4 Å². The molecule has 3 heterocycles. The fourth-order valence-corrected chi connectivity index (χ4v) is 4.14. The van der Waals surface area contributed by atoms with Crippen molar-refractivity contribution in [3.8, 4) is 11.3 Å². The van der Waals surface area contributed by atoms with Crippen LogP contribution in [0.25, 0.3) is 11.3 Å². The summed E-state index contributed by atoms with van der Waals surface area (Å²) in [5.74, 6) is 1.16. The van der Waals surface area contributed by atoms with Gasteiger partial charge in [-0.05, 0) is 42.5 Å². The van der Waals surface area contributed by atoms with Gasteiger partial charge in [-0.3, -0.25) is 19.6 Å². The molecule has 0 radical (unpaired) electrons. The van der Waals surface area contributed by atoms with E-state index >= 15 is 0 Å². The van der Waals surface area contributed by atoms with Gasteiger partial charge in [0.05, 0.1) is 5.69 Å². The molecule has 0 bridgehead atoms. The number of hydrogen-bond donors (Lipinski definition) is 2. The fourth-order valence-electron chi connectivity index (χ4n) is 4.01. The van der Waals surface area contributed by atoms with Crippen molar-refractivity contribution < 1.29 is 4.79 Å². The smallest absolute Gasteiger partial charge is 0.247 e. The van der Waals surface area contributed by atoms with Crippen LogP contribution in [0.5, 0.6) is 0 Å². The minimum absolute atomic E-state index is 0.00981. The van der Waals surface area contributed by atoms with Gasteiger partial charge < -0.3 is 4.98 Å². The number of pyridine rings is 1. The molecular formula is C20H17ClN4O2. The fraction of sp³-hybridized carbons (Fsp3) is 0.250. The third-order valence-electron chi connectivity index (χ3n) is 5.48. The second-order valence-electron chi connectivity index (χ2n) is 7.19. The van der Waals surface area contributed by atoms with Crippen LogP contribution in [0.2, 0.25) is 5.02 Å². The van der Waals surface area contributed by atoms with Crippen LogP contribution in [0, 0.1) is 11.8 Å². The van der Waals surface area contributed by atoms with Crippen LogP contribution < -0.4 is 10.5 Å². The van der Waals surface area contributed by atoms with E-state index in [9.17, 15) is 9.59 Å². The van der Waals surface area contributed by atoms with Gasteiger partial charge in [-0.15, -0.1) is 0 Å². The first kappa shape index (κ1) is 16.3. The van der Waals surface area contributed by atoms with E-state index in [0.717, 1.165) is 29.7 Å². The Bertz CT molecular complexity index is 1050. The first-order valence-corrected chi connectivity index (χ1v) is 9.30. The number of amides is 1. The maximum Gasteiger partial charge on any atom is 0.247 e. The average molecular weight is 381 g/mol. The van der Waals surface area contributed by atoms with Gasteiger partial charge in [0.15, 0.2) is 5.82 Å². The number of piperidine rings is 1. The molecule has 27 heavy (non-hydrogen) atoms. The third-order valence-corrected chi connectivity index (χ3v) is 5.74. The minimum atomic E-state index is -0.154. The normalized spacial score (nSPS) is 23.5. The Balaban J connectivity index is 1.37. The highest BCUT2D eigenvalue weighted by Gasteiger charge is 2.59. The number of hydrogen-bond acceptors (Lipinski definition) is 3. The highest BCUT2D eigenvalue weighted by atomic mass is 35.5. The number of rotatable bonds is 4. The maximum absolute atomic E-state index is 13.0. The summed E-state index contributed by atoms with van der Waals surface area (Å²) in [7, 11) is 0. The summed E-state index contributed by atoms with van der Waals surface area (Å²) in [6.45, 7) is 0. The number of anilines is 1. The van der Waals surface area contributed by atoms with Crippen molar-refractivity contribution >= 4 is 23.3 Å². The summed E-state index contributed by atoms with van der Waals surface area (Å²) >= 11 is 5.95. The number of nitrogens with one attached hydrogen (secondary N) is 2. The molecule has 3 unspecified atom stereocenters. The number of aromatic nitrogens is 3. The molecule has 5 rings (SSSR count). The van der Waals surface area contributed by atoms with Crippen LogP contribution in [0.15, 0.2) is 53.5 Å². The molecule has 2 fully saturated rings. The molecule has 1 saturated carbocycles. The molecule has 0 spiro atoms. The quantitative estimate of drug-likeness (QED) is 0.730. The molecule has 1 aromatic carbocycles. The van der Waals surface area contributed by atoms with Crippen molar-refractivity contribution in [3.05, 3.63) is 69.6 Å². The average Bonchev–Trinajstić information content (AvgIpc) is 3.18. The second-order valence-corrected chi connectivity index (χ2v) is 7.63. The first-order valence-electron chi connectivity index (χ1n) is 8.92. The minimum Gasteiger partial charge on any atom is -0.328 e. The number of nitrogens with zero attached hydrogens (tertiary/aromatic N) is 2. The lowest BCUT2D eigenvalue weighted by Crippen LogP contribution is -2.32. The Hall–Kier alpha value is -2.86. The largest absolute Gasteiger partial charge is 0.328 e. The van der Waals surface area contributed by atoms with E-state index < -0.39 is 0 Å². The molecule has 1 aliphatic heterocycles. The second kappa shape index (κ2) is 6.09. The van der Waals surface area contributed by atoms with Crippen LogP contribution in [-0.2, 0) is 11.2 Å². The SMILES string of the molecule is O=C1C(Cc2ccc(Cl)cc2)C2CC2N1c1cc(-c2ccc(=O)[nH]c2)[nH]n1. The van der Waals surface area contributed by atoms with Crippen molar-refractivity contribution in [3.63, 3.8) is 0 Å². The number of carbonyl (C=O) groups is 1. The lowest BCUT2D eigenvalue weighted by atomic mass is 9.95. The lowest BCUT2D eigenvalue weighted by molar-refractivity contribution is -0.121. The summed E-state index contributed by atoms with van der Waals surface area (Å²) in [5, 5.41) is 8.02. The van der Waals surface area contributed by atoms with Crippen molar-refractivity contribution in [2.75, 3.05) is 4.90 Å². The van der Waals surface area contributed by atoms with E-state index in [4.69, 9.17) is 11.6 Å². The number of benzene rings is 1. The Morgan fingerprint density at radius 2 is 1.96 bits per heavy atom. The summed E-state index contributed by atoms with van der Waals surface area (Å²) < 4.78 is 0. The van der Waals surface area contributed by atoms with Gasteiger partial charge in [0.2, 0.25) is 11.5 Å². The molecule has 3 aromatic rings. The first-order chi connectivity index (χ1) is 13.1. The number of fused-ring (bicyclic) bond motifs is 1. The van der Waals surface area contributed by atoms with Gasteiger partial charge in [-0.1, -0.05) is 23.7 Å². The molecule has 2 aromatic heterocycles. The van der Waals surface area contributed by atoms with Gasteiger partial charge in [-0.25, -0.2) is 0 Å². The van der Waals surface area contributed by atoms with E-state index in [0.29, 0.717) is 16.8 Å². The molecule has 1 amide bonds. The van der Waals surface area contributed by atoms with Crippen molar-refractivity contribution in [1.29, 1.82) is 0 Å². The topological polar surface area (TPSA) is 81.9 Å². The van der Waals surface area contributed by atoms with Crippen LogP contribution >= 0.6 is 11.6 Å². The molecule has 6 nitrogen and oxygen atoms in total. The zero-order chi connectivity index (χ0) is 18.5. The van der Waals surface area contributed by atoms with Gasteiger partial charge in [0, 0.05) is 40.9 Å². The van der Waals surface area contributed by atoms with Crippen LogP contribution in [-0.4, -0.2) is 27.1 Å². The van der Waals surface area contributed by atoms with Gasteiger partial charge in [-0.2, -0.15) is 5.10 Å². The van der Waals surface area contributed by atoms with Crippen LogP contribution in [0.4, 0.5) is 5.82 Å². The molecule has 1 aliphatic carbocycles. The highest BCUT2D eigenvalue weighted by Crippen LogP contribution is 2.51. The monoisotopic (exact) mass is 380 g/mol. The Kier molecular flexibility index (Phi) is 3.68. The zero-order valence-electron chi connectivity index (χ0n) is 14.4. The van der Waals surface area contributed by atoms with Gasteiger partial charge in [0.25, 0.3) is 0 Å². The predicted octanol–water partition coefficient (Wildman–Crippen LogP) is 3.01. The summed E-state index contributed by atoms with van der Waals surface area (Å²) in [6.07, 6.45) is 3.38. The lowest BCUT2D eigenvalue weighted by Gasteiger charge is -2.18. The number of H-pyrrole nitrogens is 2. The van der Waals surface area contributed by atoms with Gasteiger partial charge >= 0.3 is 0 Å². The molecular weight excluding hydrogens is 364 g/mol. The van der Waals surface area contributed by atoms with E-state index in [1.54, 1.807) is 12.3 Å². The predicted molar refractivity (Wildman–Crippen MR) is 103 cm³/mol. The molecule has 1 saturated heterocycles. The zero-order valence-corrected chi connectivity index (χ0v) is 15.1. The number of aromatic amines is 2. The highest BCUT2D eigenvalue weighted by molar-refractivity contribution is 6.30. The van der Waals surface area contributed by atoms with Crippen molar-refractivity contribution in [2.24, 2.45) is 11.8 Å². The molecule has 3 atom stereocenters. The number of halogens is 1. The van der Waals surface area contributed by atoms with E-state index in [1.165, 1.54) is 6.07 Å². The van der Waals surface area contributed by atoms with Crippen LogP contribution in [0.1, 0.15) is 12.0 Å². The third kappa shape index (κ3) is 2.86. The number of carbonyl (C=O) groups excluding carboxylic acids is 1. The molecule has 136 valence electrons.